The van der Waals surface area contributed by atoms with Gasteiger partial charge in [-0.15, -0.1) is 0 Å². The second kappa shape index (κ2) is 7.41. The van der Waals surface area contributed by atoms with Crippen molar-refractivity contribution in [1.82, 2.24) is 14.8 Å². The lowest BCUT2D eigenvalue weighted by molar-refractivity contribution is 0.0723. The molecule has 2 atom stereocenters. The second-order valence-corrected chi connectivity index (χ2v) is 8.26. The van der Waals surface area contributed by atoms with Gasteiger partial charge in [0.1, 0.15) is 0 Å². The third-order valence-corrected chi connectivity index (χ3v) is 6.33. The number of hydrogen-bond donors (Lipinski definition) is 1. The zero-order chi connectivity index (χ0) is 20.8. The van der Waals surface area contributed by atoms with Crippen molar-refractivity contribution in [2.75, 3.05) is 20.2 Å². The fourth-order valence-corrected chi connectivity index (χ4v) is 4.63. The number of hydrogen-bond acceptors (Lipinski definition) is 5. The fourth-order valence-electron chi connectivity index (χ4n) is 4.63. The van der Waals surface area contributed by atoms with E-state index in [1.165, 1.54) is 5.56 Å². The van der Waals surface area contributed by atoms with Gasteiger partial charge in [-0.2, -0.15) is 0 Å². The maximum atomic E-state index is 13.0. The molecule has 1 N–H and O–H groups in total. The number of aromatic amines is 1. The molecule has 156 valence electrons. The lowest BCUT2D eigenvalue weighted by Gasteiger charge is -2.22. The SMILES string of the molecule is CO[C@@H]1CCN(Cc2ccc3c(c2)[C@H](C)N(Cc2ccc4[nH]c(=O)oc4c2)C3=O)C1. The fraction of sp³-hybridized carbons (Fsp3) is 0.391. The van der Waals surface area contributed by atoms with E-state index < -0.39 is 5.76 Å². The molecule has 1 saturated heterocycles. The first-order chi connectivity index (χ1) is 14.5. The molecule has 1 fully saturated rings. The summed E-state index contributed by atoms with van der Waals surface area (Å²) >= 11 is 0. The first-order valence-corrected chi connectivity index (χ1v) is 10.3. The number of methoxy groups -OCH3 is 1. The van der Waals surface area contributed by atoms with Gasteiger partial charge in [-0.1, -0.05) is 18.2 Å². The number of H-pyrrole nitrogens is 1. The van der Waals surface area contributed by atoms with Gasteiger partial charge < -0.3 is 14.1 Å². The predicted molar refractivity (Wildman–Crippen MR) is 112 cm³/mol. The summed E-state index contributed by atoms with van der Waals surface area (Å²) in [5.41, 5.74) is 5.18. The molecule has 0 unspecified atom stereocenters. The number of benzene rings is 2. The molecular formula is C23H25N3O4. The average Bonchev–Trinajstić information content (AvgIpc) is 3.40. The Labute approximate surface area is 174 Å². The number of oxazole rings is 1. The van der Waals surface area contributed by atoms with Crippen molar-refractivity contribution in [3.63, 3.8) is 0 Å². The number of fused-ring (bicyclic) bond motifs is 2. The largest absolute Gasteiger partial charge is 0.417 e. The molecule has 7 nitrogen and oxygen atoms in total. The third kappa shape index (κ3) is 3.34. The van der Waals surface area contributed by atoms with E-state index in [1.54, 1.807) is 7.11 Å². The van der Waals surface area contributed by atoms with E-state index in [4.69, 9.17) is 9.15 Å². The highest BCUT2D eigenvalue weighted by atomic mass is 16.5. The van der Waals surface area contributed by atoms with Gasteiger partial charge in [-0.3, -0.25) is 14.7 Å². The Morgan fingerprint density at radius 3 is 2.73 bits per heavy atom. The lowest BCUT2D eigenvalue weighted by atomic mass is 10.0. The van der Waals surface area contributed by atoms with Gasteiger partial charge in [0.25, 0.3) is 5.91 Å². The molecule has 2 aliphatic rings. The van der Waals surface area contributed by atoms with E-state index in [9.17, 15) is 9.59 Å². The van der Waals surface area contributed by atoms with Gasteiger partial charge in [0.05, 0.1) is 17.7 Å². The number of carbonyl (C=O) groups excluding carboxylic acids is 1. The zero-order valence-corrected chi connectivity index (χ0v) is 17.2. The van der Waals surface area contributed by atoms with Gasteiger partial charge >= 0.3 is 5.76 Å². The summed E-state index contributed by atoms with van der Waals surface area (Å²) in [7, 11) is 1.77. The monoisotopic (exact) mass is 407 g/mol. The first kappa shape index (κ1) is 19.1. The van der Waals surface area contributed by atoms with E-state index in [1.807, 2.05) is 29.2 Å². The molecule has 7 heteroatoms. The Morgan fingerprint density at radius 2 is 1.93 bits per heavy atom. The summed E-state index contributed by atoms with van der Waals surface area (Å²) in [6, 6.07) is 11.7. The topological polar surface area (TPSA) is 78.8 Å². The summed E-state index contributed by atoms with van der Waals surface area (Å²) in [5, 5.41) is 0. The molecule has 0 saturated carbocycles. The van der Waals surface area contributed by atoms with Gasteiger partial charge in [0, 0.05) is 38.9 Å². The molecule has 3 heterocycles. The van der Waals surface area contributed by atoms with Crippen LogP contribution in [0.25, 0.3) is 11.1 Å². The molecule has 30 heavy (non-hydrogen) atoms. The molecule has 5 rings (SSSR count). The highest BCUT2D eigenvalue weighted by Crippen LogP contribution is 2.35. The molecule has 2 aromatic carbocycles. The first-order valence-electron chi connectivity index (χ1n) is 10.3. The summed E-state index contributed by atoms with van der Waals surface area (Å²) in [6.45, 7) is 5.40. The van der Waals surface area contributed by atoms with Crippen molar-refractivity contribution in [3.05, 3.63) is 69.2 Å². The quantitative estimate of drug-likeness (QED) is 0.703. The number of amides is 1. The van der Waals surface area contributed by atoms with Crippen LogP contribution in [0.3, 0.4) is 0 Å². The van der Waals surface area contributed by atoms with E-state index in [0.29, 0.717) is 23.7 Å². The number of rotatable bonds is 5. The molecule has 0 aliphatic carbocycles. The Hall–Kier alpha value is -2.90. The highest BCUT2D eigenvalue weighted by molar-refractivity contribution is 5.99. The Morgan fingerprint density at radius 1 is 1.13 bits per heavy atom. The van der Waals surface area contributed by atoms with Gasteiger partial charge in [0.2, 0.25) is 0 Å². The minimum atomic E-state index is -0.470. The number of ether oxygens (including phenoxy) is 1. The van der Waals surface area contributed by atoms with Crippen LogP contribution in [0.15, 0.2) is 45.6 Å². The van der Waals surface area contributed by atoms with E-state index in [2.05, 4.69) is 28.9 Å². The number of likely N-dealkylation sites (tertiary alicyclic amines) is 1. The van der Waals surface area contributed by atoms with Gasteiger partial charge in [0.15, 0.2) is 5.58 Å². The van der Waals surface area contributed by atoms with Crippen molar-refractivity contribution in [1.29, 1.82) is 0 Å². The van der Waals surface area contributed by atoms with Crippen LogP contribution >= 0.6 is 0 Å². The van der Waals surface area contributed by atoms with Crippen LogP contribution in [-0.2, 0) is 17.8 Å². The second-order valence-electron chi connectivity index (χ2n) is 8.26. The van der Waals surface area contributed by atoms with Crippen molar-refractivity contribution < 1.29 is 13.9 Å². The third-order valence-electron chi connectivity index (χ3n) is 6.33. The number of aromatic nitrogens is 1. The van der Waals surface area contributed by atoms with Crippen molar-refractivity contribution >= 4 is 17.0 Å². The molecule has 1 amide bonds. The maximum Gasteiger partial charge on any atom is 0.417 e. The minimum absolute atomic E-state index is 0.00770. The van der Waals surface area contributed by atoms with Crippen LogP contribution in [0.5, 0.6) is 0 Å². The summed E-state index contributed by atoms with van der Waals surface area (Å²) in [5.74, 6) is -0.428. The van der Waals surface area contributed by atoms with Crippen LogP contribution < -0.4 is 5.76 Å². The summed E-state index contributed by atoms with van der Waals surface area (Å²) in [4.78, 5) is 31.3. The predicted octanol–water partition coefficient (Wildman–Crippen LogP) is 3.06. The van der Waals surface area contributed by atoms with Gasteiger partial charge in [-0.05, 0) is 48.2 Å². The Bertz CT molecular complexity index is 1160. The number of nitrogens with one attached hydrogen (secondary N) is 1. The summed E-state index contributed by atoms with van der Waals surface area (Å²) < 4.78 is 10.6. The highest BCUT2D eigenvalue weighted by Gasteiger charge is 2.34. The molecule has 0 bridgehead atoms. The summed E-state index contributed by atoms with van der Waals surface area (Å²) in [6.07, 6.45) is 1.38. The van der Waals surface area contributed by atoms with Crippen molar-refractivity contribution in [2.24, 2.45) is 0 Å². The normalized spacial score (nSPS) is 21.7. The zero-order valence-electron chi connectivity index (χ0n) is 17.2. The van der Waals surface area contributed by atoms with E-state index in [-0.39, 0.29) is 11.9 Å². The average molecular weight is 407 g/mol. The van der Waals surface area contributed by atoms with Crippen LogP contribution in [-0.4, -0.2) is 47.0 Å². The number of nitrogens with zero attached hydrogens (tertiary/aromatic N) is 2. The standard InChI is InChI=1S/C23H25N3O4/c1-14-19-9-15(11-25-8-7-17(13-25)29-2)3-5-18(19)22(27)26(14)12-16-4-6-20-21(10-16)30-23(28)24-20/h3-6,9-10,14,17H,7-8,11-13H2,1-2H3,(H,24,28)/t14-,17+/m0/s1. The molecule has 3 aromatic rings. The van der Waals surface area contributed by atoms with E-state index in [0.717, 1.165) is 42.7 Å². The molecule has 1 aromatic heterocycles. The molecule has 0 radical (unpaired) electrons. The Kier molecular flexibility index (Phi) is 4.72. The van der Waals surface area contributed by atoms with Gasteiger partial charge in [-0.25, -0.2) is 4.79 Å². The van der Waals surface area contributed by atoms with Crippen molar-refractivity contribution in [2.45, 2.75) is 38.6 Å². The minimum Gasteiger partial charge on any atom is -0.408 e. The maximum absolute atomic E-state index is 13.0. The number of carbonyl (C=O) groups is 1. The molecular weight excluding hydrogens is 382 g/mol. The van der Waals surface area contributed by atoms with Crippen LogP contribution in [0, 0.1) is 0 Å². The molecule has 0 spiro atoms. The smallest absolute Gasteiger partial charge is 0.408 e. The van der Waals surface area contributed by atoms with Crippen LogP contribution in [0.1, 0.15) is 46.4 Å². The molecule has 2 aliphatic heterocycles. The lowest BCUT2D eigenvalue weighted by Crippen LogP contribution is -2.26. The van der Waals surface area contributed by atoms with E-state index >= 15 is 0 Å². The van der Waals surface area contributed by atoms with Crippen molar-refractivity contribution in [3.8, 4) is 0 Å². The van der Waals surface area contributed by atoms with Crippen LogP contribution in [0.4, 0.5) is 0 Å². The van der Waals surface area contributed by atoms with Crippen LogP contribution in [0.2, 0.25) is 0 Å². The Balaban J connectivity index is 1.34.